The van der Waals surface area contributed by atoms with Gasteiger partial charge in [-0.25, -0.2) is 0 Å². The molecule has 0 aromatic heterocycles. The lowest BCUT2D eigenvalue weighted by Crippen LogP contribution is -2.51. The van der Waals surface area contributed by atoms with Gasteiger partial charge in [0, 0.05) is 31.7 Å². The molecule has 24 heavy (non-hydrogen) atoms. The molecular weight excluding hydrogens is 302 g/mol. The Labute approximate surface area is 148 Å². The Kier molecular flexibility index (Phi) is 7.78. The van der Waals surface area contributed by atoms with Crippen LogP contribution in [-0.2, 0) is 4.74 Å². The number of rotatable bonds is 6. The van der Waals surface area contributed by atoms with Gasteiger partial charge < -0.3 is 20.3 Å². The third-order valence-corrected chi connectivity index (χ3v) is 5.02. The van der Waals surface area contributed by atoms with Crippen LogP contribution in [0.15, 0.2) is 4.99 Å². The van der Waals surface area contributed by atoms with Crippen LogP contribution >= 0.6 is 0 Å². The van der Waals surface area contributed by atoms with E-state index >= 15 is 0 Å². The number of piperidine rings is 1. The highest BCUT2D eigenvalue weighted by Crippen LogP contribution is 2.20. The van der Waals surface area contributed by atoms with Crippen molar-refractivity contribution < 1.29 is 4.74 Å². The van der Waals surface area contributed by atoms with Crippen molar-refractivity contribution in [2.45, 2.75) is 51.7 Å². The molecule has 140 valence electrons. The molecule has 2 aliphatic heterocycles. The fourth-order valence-electron chi connectivity index (χ4n) is 3.41. The van der Waals surface area contributed by atoms with Gasteiger partial charge in [-0.3, -0.25) is 9.89 Å². The van der Waals surface area contributed by atoms with Gasteiger partial charge in [-0.15, -0.1) is 0 Å². The van der Waals surface area contributed by atoms with Gasteiger partial charge in [0.15, 0.2) is 5.96 Å². The number of morpholine rings is 1. The van der Waals surface area contributed by atoms with E-state index in [0.29, 0.717) is 0 Å². The third kappa shape index (κ3) is 6.22. The Bertz CT molecular complexity index is 393. The SMILES string of the molecule is CCNC(=NCC(C)(C)N1CCCCC1)NCC1CN(C)CCO1. The average Bonchev–Trinajstić information content (AvgIpc) is 2.58. The molecule has 0 aliphatic carbocycles. The number of likely N-dealkylation sites (tertiary alicyclic amines) is 1. The van der Waals surface area contributed by atoms with Crippen molar-refractivity contribution in [1.82, 2.24) is 20.4 Å². The second-order valence-electron chi connectivity index (χ2n) is 7.69. The van der Waals surface area contributed by atoms with E-state index in [1.165, 1.54) is 32.4 Å². The summed E-state index contributed by atoms with van der Waals surface area (Å²) in [5.74, 6) is 0.902. The molecule has 2 N–H and O–H groups in total. The van der Waals surface area contributed by atoms with Crippen molar-refractivity contribution in [3.8, 4) is 0 Å². The lowest BCUT2D eigenvalue weighted by atomic mass is 9.99. The second-order valence-corrected chi connectivity index (χ2v) is 7.69. The molecule has 6 nitrogen and oxygen atoms in total. The van der Waals surface area contributed by atoms with Gasteiger partial charge >= 0.3 is 0 Å². The smallest absolute Gasteiger partial charge is 0.191 e. The quantitative estimate of drug-likeness (QED) is 0.561. The summed E-state index contributed by atoms with van der Waals surface area (Å²) in [5, 5.41) is 6.82. The molecule has 2 fully saturated rings. The van der Waals surface area contributed by atoms with E-state index in [2.05, 4.69) is 48.3 Å². The van der Waals surface area contributed by atoms with Crippen LogP contribution in [0, 0.1) is 0 Å². The fraction of sp³-hybridized carbons (Fsp3) is 0.944. The highest BCUT2D eigenvalue weighted by Gasteiger charge is 2.27. The third-order valence-electron chi connectivity index (χ3n) is 5.02. The van der Waals surface area contributed by atoms with E-state index in [0.717, 1.165) is 45.3 Å². The predicted octanol–water partition coefficient (Wildman–Crippen LogP) is 1.14. The molecule has 2 aliphatic rings. The van der Waals surface area contributed by atoms with Crippen molar-refractivity contribution in [3.63, 3.8) is 0 Å². The van der Waals surface area contributed by atoms with E-state index in [1.807, 2.05) is 0 Å². The molecule has 2 rings (SSSR count). The van der Waals surface area contributed by atoms with Gasteiger partial charge in [-0.1, -0.05) is 6.42 Å². The average molecular weight is 340 g/mol. The Balaban J connectivity index is 1.84. The van der Waals surface area contributed by atoms with E-state index in [1.54, 1.807) is 0 Å². The largest absolute Gasteiger partial charge is 0.374 e. The second kappa shape index (κ2) is 9.59. The van der Waals surface area contributed by atoms with Gasteiger partial charge in [-0.05, 0) is 53.8 Å². The Morgan fingerprint density at radius 3 is 2.58 bits per heavy atom. The number of ether oxygens (including phenoxy) is 1. The summed E-state index contributed by atoms with van der Waals surface area (Å²) in [6.45, 7) is 14.4. The molecule has 0 radical (unpaired) electrons. The van der Waals surface area contributed by atoms with Crippen LogP contribution in [0.25, 0.3) is 0 Å². The van der Waals surface area contributed by atoms with Crippen LogP contribution in [0.1, 0.15) is 40.0 Å². The van der Waals surface area contributed by atoms with E-state index < -0.39 is 0 Å². The Hall–Kier alpha value is -0.850. The summed E-state index contributed by atoms with van der Waals surface area (Å²) in [4.78, 5) is 9.75. The van der Waals surface area contributed by atoms with Crippen molar-refractivity contribution >= 4 is 5.96 Å². The zero-order chi connectivity index (χ0) is 17.4. The summed E-state index contributed by atoms with van der Waals surface area (Å²) in [6, 6.07) is 0. The lowest BCUT2D eigenvalue weighted by molar-refractivity contribution is -0.0161. The number of hydrogen-bond donors (Lipinski definition) is 2. The van der Waals surface area contributed by atoms with E-state index in [4.69, 9.17) is 9.73 Å². The Morgan fingerprint density at radius 1 is 1.17 bits per heavy atom. The molecule has 0 bridgehead atoms. The Morgan fingerprint density at radius 2 is 1.92 bits per heavy atom. The number of guanidine groups is 1. The standard InChI is InChI=1S/C18H37N5O/c1-5-19-17(20-13-16-14-22(4)11-12-24-16)21-15-18(2,3)23-9-7-6-8-10-23/h16H,5-15H2,1-4H3,(H2,19,20,21). The van der Waals surface area contributed by atoms with Crippen LogP contribution in [0.4, 0.5) is 0 Å². The van der Waals surface area contributed by atoms with Crippen molar-refractivity contribution in [3.05, 3.63) is 0 Å². The highest BCUT2D eigenvalue weighted by atomic mass is 16.5. The van der Waals surface area contributed by atoms with Crippen LogP contribution < -0.4 is 10.6 Å². The molecule has 0 aromatic rings. The monoisotopic (exact) mass is 339 g/mol. The molecule has 0 saturated carbocycles. The van der Waals surface area contributed by atoms with Crippen LogP contribution in [-0.4, -0.2) is 86.9 Å². The van der Waals surface area contributed by atoms with E-state index in [9.17, 15) is 0 Å². The van der Waals surface area contributed by atoms with Crippen LogP contribution in [0.2, 0.25) is 0 Å². The maximum absolute atomic E-state index is 5.82. The van der Waals surface area contributed by atoms with Gasteiger partial charge in [0.1, 0.15) is 0 Å². The minimum atomic E-state index is 0.115. The maximum atomic E-state index is 5.82. The molecule has 2 saturated heterocycles. The number of nitrogens with zero attached hydrogens (tertiary/aromatic N) is 3. The minimum absolute atomic E-state index is 0.115. The van der Waals surface area contributed by atoms with Crippen molar-refractivity contribution in [2.24, 2.45) is 4.99 Å². The van der Waals surface area contributed by atoms with E-state index in [-0.39, 0.29) is 11.6 Å². The van der Waals surface area contributed by atoms with Gasteiger partial charge in [0.25, 0.3) is 0 Å². The maximum Gasteiger partial charge on any atom is 0.191 e. The zero-order valence-electron chi connectivity index (χ0n) is 16.1. The van der Waals surface area contributed by atoms with Crippen LogP contribution in [0.3, 0.4) is 0 Å². The first-order chi connectivity index (χ1) is 11.5. The first-order valence-corrected chi connectivity index (χ1v) is 9.58. The van der Waals surface area contributed by atoms with Gasteiger partial charge in [0.2, 0.25) is 0 Å². The summed E-state index contributed by atoms with van der Waals surface area (Å²) >= 11 is 0. The first-order valence-electron chi connectivity index (χ1n) is 9.58. The fourth-order valence-corrected chi connectivity index (χ4v) is 3.41. The predicted molar refractivity (Wildman–Crippen MR) is 101 cm³/mol. The molecular formula is C18H37N5O. The van der Waals surface area contributed by atoms with Crippen LogP contribution in [0.5, 0.6) is 0 Å². The number of likely N-dealkylation sites (N-methyl/N-ethyl adjacent to an activating group) is 1. The van der Waals surface area contributed by atoms with Gasteiger partial charge in [0.05, 0.1) is 19.3 Å². The van der Waals surface area contributed by atoms with Crippen molar-refractivity contribution in [2.75, 3.05) is 59.5 Å². The highest BCUT2D eigenvalue weighted by molar-refractivity contribution is 5.79. The first kappa shape index (κ1) is 19.5. The summed E-state index contributed by atoms with van der Waals surface area (Å²) in [6.07, 6.45) is 4.24. The molecule has 2 heterocycles. The summed E-state index contributed by atoms with van der Waals surface area (Å²) in [5.41, 5.74) is 0.115. The number of hydrogen-bond acceptors (Lipinski definition) is 4. The molecule has 1 atom stereocenters. The number of aliphatic imine (C=N–C) groups is 1. The normalized spacial score (nSPS) is 24.8. The molecule has 1 unspecified atom stereocenters. The molecule has 0 amide bonds. The topological polar surface area (TPSA) is 52.1 Å². The molecule has 6 heteroatoms. The molecule has 0 spiro atoms. The minimum Gasteiger partial charge on any atom is -0.374 e. The van der Waals surface area contributed by atoms with Crippen molar-refractivity contribution in [1.29, 1.82) is 0 Å². The summed E-state index contributed by atoms with van der Waals surface area (Å²) in [7, 11) is 2.15. The lowest BCUT2D eigenvalue weighted by Gasteiger charge is -2.40. The van der Waals surface area contributed by atoms with Gasteiger partial charge in [-0.2, -0.15) is 0 Å². The number of nitrogens with one attached hydrogen (secondary N) is 2. The summed E-state index contributed by atoms with van der Waals surface area (Å²) < 4.78 is 5.82. The molecule has 0 aromatic carbocycles. The zero-order valence-corrected chi connectivity index (χ0v) is 16.1.